The minimum Gasteiger partial charge on any atom is -0.371 e. The molecule has 43 heavy (non-hydrogen) atoms. The smallest absolute Gasteiger partial charge is 0.261 e. The number of nitrogens with zero attached hydrogens (tertiary/aromatic N) is 5. The van der Waals surface area contributed by atoms with Crippen LogP contribution < -0.4 is 4.90 Å². The Morgan fingerprint density at radius 1 is 0.977 bits per heavy atom. The molecule has 234 valence electrons. The van der Waals surface area contributed by atoms with Gasteiger partial charge in [-0.3, -0.25) is 14.3 Å². The zero-order valence-corrected chi connectivity index (χ0v) is 26.9. The van der Waals surface area contributed by atoms with Crippen LogP contribution in [0.15, 0.2) is 65.8 Å². The van der Waals surface area contributed by atoms with Crippen LogP contribution in [0.5, 0.6) is 0 Å². The fourth-order valence-electron chi connectivity index (χ4n) is 5.57. The Morgan fingerprint density at radius 3 is 2.21 bits per heavy atom. The lowest BCUT2D eigenvalue weighted by atomic mass is 9.94. The predicted molar refractivity (Wildman–Crippen MR) is 168 cm³/mol. The molecule has 1 aromatic heterocycles. The summed E-state index contributed by atoms with van der Waals surface area (Å²) in [6.45, 7) is 3.27. The molecular formula is C29H38ClN5O6S2. The van der Waals surface area contributed by atoms with Crippen LogP contribution in [-0.2, 0) is 24.9 Å². The molecule has 0 bridgehead atoms. The summed E-state index contributed by atoms with van der Waals surface area (Å²) in [5.41, 5.74) is 1.18. The van der Waals surface area contributed by atoms with Crippen LogP contribution in [0.3, 0.4) is 0 Å². The van der Waals surface area contributed by atoms with Crippen molar-refractivity contribution in [3.63, 3.8) is 0 Å². The summed E-state index contributed by atoms with van der Waals surface area (Å²) in [6.07, 6.45) is 6.32. The van der Waals surface area contributed by atoms with E-state index >= 15 is 0 Å². The van der Waals surface area contributed by atoms with E-state index in [1.807, 2.05) is 60.6 Å². The molecule has 2 fully saturated rings. The molecule has 0 spiro atoms. The number of hydrogen-bond donors (Lipinski definition) is 1. The quantitative estimate of drug-likeness (QED) is 0.383. The van der Waals surface area contributed by atoms with E-state index < -0.39 is 20.1 Å². The molecule has 2 aromatic carbocycles. The molecule has 0 aliphatic carbocycles. The highest BCUT2D eigenvalue weighted by Gasteiger charge is 2.40. The number of likely N-dealkylation sites (N-methyl/N-ethyl adjacent to an activating group) is 1. The molecule has 5 rings (SSSR count). The second-order valence-electron chi connectivity index (χ2n) is 11.3. The molecule has 1 atom stereocenters. The van der Waals surface area contributed by atoms with E-state index in [1.54, 1.807) is 24.3 Å². The monoisotopic (exact) mass is 651 g/mol. The Kier molecular flexibility index (Phi) is 10.7. The van der Waals surface area contributed by atoms with Gasteiger partial charge in [-0.1, -0.05) is 23.7 Å². The number of hydrogen-bond acceptors (Lipinski definition) is 8. The van der Waals surface area contributed by atoms with E-state index in [-0.39, 0.29) is 29.9 Å². The first-order chi connectivity index (χ1) is 20.2. The number of piperazine rings is 1. The van der Waals surface area contributed by atoms with Gasteiger partial charge in [0.2, 0.25) is 15.9 Å². The Balaban J connectivity index is 0.000000782. The first-order valence-corrected chi connectivity index (χ1v) is 17.6. The number of sulfonamides is 1. The van der Waals surface area contributed by atoms with Crippen molar-refractivity contribution in [1.82, 2.24) is 19.1 Å². The third-order valence-electron chi connectivity index (χ3n) is 7.57. The van der Waals surface area contributed by atoms with Gasteiger partial charge in [-0.05, 0) is 80.0 Å². The molecule has 1 unspecified atom stereocenters. The van der Waals surface area contributed by atoms with Gasteiger partial charge in [0, 0.05) is 55.8 Å². The Morgan fingerprint density at radius 2 is 1.58 bits per heavy atom. The van der Waals surface area contributed by atoms with Gasteiger partial charge in [-0.25, -0.2) is 8.42 Å². The van der Waals surface area contributed by atoms with E-state index in [0.29, 0.717) is 30.3 Å². The summed E-state index contributed by atoms with van der Waals surface area (Å²) in [7, 11) is -3.59. The molecule has 3 aromatic rings. The molecule has 2 saturated heterocycles. The van der Waals surface area contributed by atoms with Crippen LogP contribution in [0.25, 0.3) is 10.8 Å². The summed E-state index contributed by atoms with van der Waals surface area (Å²) in [6, 6.07) is 14.2. The Hall–Kier alpha value is -2.81. The zero-order chi connectivity index (χ0) is 31.4. The van der Waals surface area contributed by atoms with Crippen molar-refractivity contribution in [1.29, 1.82) is 0 Å². The molecule has 0 saturated carbocycles. The van der Waals surface area contributed by atoms with Crippen LogP contribution in [0.4, 0.5) is 5.69 Å². The first kappa shape index (κ1) is 33.1. The number of anilines is 1. The number of halogens is 1. The number of pyridine rings is 1. The highest BCUT2D eigenvalue weighted by Crippen LogP contribution is 2.28. The molecule has 1 amide bonds. The minimum absolute atomic E-state index is 0.129. The van der Waals surface area contributed by atoms with Gasteiger partial charge in [0.25, 0.3) is 10.1 Å². The van der Waals surface area contributed by atoms with Crippen molar-refractivity contribution in [2.75, 3.05) is 64.5 Å². The number of piperidine rings is 1. The summed E-state index contributed by atoms with van der Waals surface area (Å²) in [5, 5.41) is 2.27. The number of amides is 1. The van der Waals surface area contributed by atoms with Crippen molar-refractivity contribution in [2.45, 2.75) is 23.8 Å². The van der Waals surface area contributed by atoms with Crippen LogP contribution in [-0.4, -0.2) is 112 Å². The van der Waals surface area contributed by atoms with Gasteiger partial charge in [0.05, 0.1) is 23.7 Å². The van der Waals surface area contributed by atoms with Gasteiger partial charge in [-0.2, -0.15) is 12.7 Å². The number of fused-ring (bicyclic) bond motifs is 1. The maximum atomic E-state index is 13.6. The minimum atomic E-state index is -3.84. The second-order valence-corrected chi connectivity index (χ2v) is 15.1. The second kappa shape index (κ2) is 13.9. The average Bonchev–Trinajstić information content (AvgIpc) is 2.94. The first-order valence-electron chi connectivity index (χ1n) is 13.9. The highest BCUT2D eigenvalue weighted by molar-refractivity contribution is 7.89. The summed E-state index contributed by atoms with van der Waals surface area (Å²) >= 11 is 6.09. The van der Waals surface area contributed by atoms with Crippen molar-refractivity contribution >= 4 is 54.1 Å². The Labute approximate surface area is 258 Å². The lowest BCUT2D eigenvalue weighted by Crippen LogP contribution is -2.61. The predicted octanol–water partition coefficient (Wildman–Crippen LogP) is 3.07. The SMILES string of the molecule is CN(C)CC1CN(S(=O)(=O)c2ccc3cc(Cl)ccc3c2)CC(=O)N1CC1CCN(c2ccncc2)CC1.CS(=O)(=O)O. The zero-order valence-electron chi connectivity index (χ0n) is 24.5. The number of rotatable bonds is 7. The maximum Gasteiger partial charge on any atom is 0.261 e. The standard InChI is InChI=1S/C28H34ClN5O3S.CH4O3S/c1-31(2)18-26-19-33(38(36,37)27-6-4-22-15-24(29)5-3-23(22)16-27)20-28(35)34(26)17-21-9-13-32(14-10-21)25-7-11-30-12-8-25;1-5(2,3)4/h3-8,11-12,15-16,21,26H,9-10,13-14,17-20H2,1-2H3;1H3,(H,2,3,4). The van der Waals surface area contributed by atoms with Crippen LogP contribution in [0.1, 0.15) is 12.8 Å². The molecule has 3 heterocycles. The van der Waals surface area contributed by atoms with Crippen LogP contribution in [0.2, 0.25) is 5.02 Å². The van der Waals surface area contributed by atoms with Crippen LogP contribution >= 0.6 is 11.6 Å². The van der Waals surface area contributed by atoms with E-state index in [9.17, 15) is 21.6 Å². The number of benzene rings is 2. The van der Waals surface area contributed by atoms with Crippen LogP contribution in [0, 0.1) is 5.92 Å². The molecule has 11 nitrogen and oxygen atoms in total. The van der Waals surface area contributed by atoms with Crippen molar-refractivity contribution in [2.24, 2.45) is 5.92 Å². The molecule has 1 N–H and O–H groups in total. The van der Waals surface area contributed by atoms with E-state index in [2.05, 4.69) is 9.88 Å². The number of carbonyl (C=O) groups is 1. The average molecular weight is 652 g/mol. The molecule has 2 aliphatic heterocycles. The van der Waals surface area contributed by atoms with Crippen molar-refractivity contribution in [3.8, 4) is 0 Å². The van der Waals surface area contributed by atoms with Gasteiger partial charge < -0.3 is 14.7 Å². The highest BCUT2D eigenvalue weighted by atomic mass is 35.5. The van der Waals surface area contributed by atoms with E-state index in [1.165, 1.54) is 9.99 Å². The van der Waals surface area contributed by atoms with Gasteiger partial charge >= 0.3 is 0 Å². The fourth-order valence-corrected chi connectivity index (χ4v) is 7.21. The third kappa shape index (κ3) is 9.10. The van der Waals surface area contributed by atoms with Gasteiger partial charge in [0.15, 0.2) is 0 Å². The lowest BCUT2D eigenvalue weighted by Gasteiger charge is -2.44. The maximum absolute atomic E-state index is 13.6. The summed E-state index contributed by atoms with van der Waals surface area (Å²) < 4.78 is 54.5. The summed E-state index contributed by atoms with van der Waals surface area (Å²) in [5.74, 6) is 0.257. The molecule has 2 aliphatic rings. The topological polar surface area (TPSA) is 131 Å². The largest absolute Gasteiger partial charge is 0.371 e. The Bertz CT molecular complexity index is 1620. The van der Waals surface area contributed by atoms with Gasteiger partial charge in [-0.15, -0.1) is 0 Å². The van der Waals surface area contributed by atoms with E-state index in [4.69, 9.17) is 16.2 Å². The van der Waals surface area contributed by atoms with Crippen molar-refractivity contribution in [3.05, 3.63) is 65.9 Å². The summed E-state index contributed by atoms with van der Waals surface area (Å²) in [4.78, 5) is 24.1. The third-order valence-corrected chi connectivity index (χ3v) is 9.61. The fraction of sp³-hybridized carbons (Fsp3) is 0.448. The molecule has 14 heteroatoms. The molecule has 0 radical (unpaired) electrons. The van der Waals surface area contributed by atoms with Gasteiger partial charge in [0.1, 0.15) is 0 Å². The lowest BCUT2D eigenvalue weighted by molar-refractivity contribution is -0.138. The number of carbonyl (C=O) groups excluding carboxylic acids is 1. The molecular weight excluding hydrogens is 614 g/mol. The normalized spacial score (nSPS) is 19.0. The van der Waals surface area contributed by atoms with E-state index in [0.717, 1.165) is 36.7 Å². The van der Waals surface area contributed by atoms with Crippen molar-refractivity contribution < 1.29 is 26.2 Å². The number of aromatic nitrogens is 1.